The maximum absolute atomic E-state index is 0. The van der Waals surface area contributed by atoms with Crippen LogP contribution in [0.15, 0.2) is 0 Å². The van der Waals surface area contributed by atoms with Crippen molar-refractivity contribution in [2.75, 3.05) is 0 Å². The topological polar surface area (TPSA) is 94.5 Å². The molecule has 0 atom stereocenters. The van der Waals surface area contributed by atoms with Gasteiger partial charge in [0, 0.05) is 37.7 Å². The van der Waals surface area contributed by atoms with E-state index in [9.17, 15) is 0 Å². The van der Waals surface area contributed by atoms with E-state index in [1.54, 1.807) is 0 Å². The van der Waals surface area contributed by atoms with E-state index in [2.05, 4.69) is 0 Å². The van der Waals surface area contributed by atoms with Gasteiger partial charge in [0.15, 0.2) is 0 Å². The van der Waals surface area contributed by atoms with Gasteiger partial charge >= 0.3 is 0 Å². The van der Waals surface area contributed by atoms with Crippen LogP contribution in [0.1, 0.15) is 0 Å². The summed E-state index contributed by atoms with van der Waals surface area (Å²) in [5, 5.41) is 0. The van der Waals surface area contributed by atoms with Crippen molar-refractivity contribution in [2.24, 2.45) is 0 Å². The molecule has 0 aromatic rings. The molecular weight excluding hydrogens is 61.9 g/mol. The molecule has 0 saturated heterocycles. The monoisotopic (exact) mass is 68.1 g/mol. The Morgan fingerprint density at radius 1 is 0.400 bits per heavy atom. The van der Waals surface area contributed by atoms with Crippen LogP contribution in [-0.2, 0) is 0 Å². The van der Waals surface area contributed by atoms with E-state index in [1.807, 2.05) is 0 Å². The summed E-state index contributed by atoms with van der Waals surface area (Å²) in [5.74, 6) is 0. The van der Waals surface area contributed by atoms with Crippen molar-refractivity contribution in [1.29, 1.82) is 0 Å². The second-order valence-corrected chi connectivity index (χ2v) is 0. The average Bonchev–Trinajstić information content (AvgIpc) is 0. The first-order valence-electron chi connectivity index (χ1n) is 0. The molecule has 0 unspecified atom stereocenters. The van der Waals surface area contributed by atoms with Crippen molar-refractivity contribution in [1.82, 2.24) is 0 Å². The molecule has 0 aliphatic carbocycles. The molecule has 0 rings (SSSR count). The summed E-state index contributed by atoms with van der Waals surface area (Å²) in [7, 11) is 0. The maximum Gasteiger partial charge on any atom is 0 e. The van der Waals surface area contributed by atoms with E-state index in [0.29, 0.717) is 0 Å². The molecule has 5 heavy (non-hydrogen) atoms. The van der Waals surface area contributed by atoms with Crippen LogP contribution in [0.25, 0.3) is 0 Å². The fourth-order valence-electron chi connectivity index (χ4n) is 0. The first kappa shape index (κ1) is 135. The molecular formula is H6Li2O3. The van der Waals surface area contributed by atoms with Crippen LogP contribution in [0, 0.1) is 0 Å². The van der Waals surface area contributed by atoms with Gasteiger partial charge < -0.3 is 16.4 Å². The normalized spacial score (nSPS) is 0. The van der Waals surface area contributed by atoms with Crippen molar-refractivity contribution in [3.63, 3.8) is 0 Å². The molecule has 0 amide bonds. The minimum absolute atomic E-state index is 0. The molecule has 0 bridgehead atoms. The molecule has 2 radical (unpaired) electrons. The molecule has 3 nitrogen and oxygen atoms in total. The Balaban J connectivity index is 0. The Kier molecular flexibility index (Phi) is 1980. The van der Waals surface area contributed by atoms with E-state index in [4.69, 9.17) is 0 Å². The van der Waals surface area contributed by atoms with Crippen LogP contribution in [-0.4, -0.2) is 54.1 Å². The summed E-state index contributed by atoms with van der Waals surface area (Å²) in [6.45, 7) is 0. The predicted octanol–water partition coefficient (Wildman–Crippen LogP) is -3.24. The smallest absolute Gasteiger partial charge is 0 e. The molecule has 6 N–H and O–H groups in total. The van der Waals surface area contributed by atoms with Gasteiger partial charge in [0.1, 0.15) is 0 Å². The van der Waals surface area contributed by atoms with Crippen LogP contribution in [0.5, 0.6) is 0 Å². The number of hydrogen-bond donors (Lipinski definition) is 0. The van der Waals surface area contributed by atoms with Gasteiger partial charge in [0.05, 0.1) is 0 Å². The molecule has 0 aliphatic rings. The van der Waals surface area contributed by atoms with Gasteiger partial charge in [-0.2, -0.15) is 0 Å². The van der Waals surface area contributed by atoms with Gasteiger partial charge in [-0.05, 0) is 0 Å². The third kappa shape index (κ3) is 41.5. The molecule has 0 spiro atoms. The van der Waals surface area contributed by atoms with Gasteiger partial charge in [-0.3, -0.25) is 0 Å². The molecule has 0 aliphatic heterocycles. The molecule has 26 valence electrons. The predicted molar refractivity (Wildman–Crippen MR) is 22.3 cm³/mol. The van der Waals surface area contributed by atoms with E-state index >= 15 is 0 Å². The summed E-state index contributed by atoms with van der Waals surface area (Å²) in [6, 6.07) is 0. The van der Waals surface area contributed by atoms with E-state index in [1.165, 1.54) is 0 Å². The van der Waals surface area contributed by atoms with Crippen LogP contribution >= 0.6 is 0 Å². The van der Waals surface area contributed by atoms with Crippen LogP contribution in [0.2, 0.25) is 0 Å². The van der Waals surface area contributed by atoms with Crippen LogP contribution in [0.3, 0.4) is 0 Å². The summed E-state index contributed by atoms with van der Waals surface area (Å²) in [5.41, 5.74) is 0. The number of hydrogen-bond acceptors (Lipinski definition) is 0. The summed E-state index contributed by atoms with van der Waals surface area (Å²) in [4.78, 5) is 0. The third-order valence-corrected chi connectivity index (χ3v) is 0. The standard InChI is InChI=1S/2Li.3H2O/h;;3*1H2. The van der Waals surface area contributed by atoms with E-state index in [-0.39, 0.29) is 54.1 Å². The van der Waals surface area contributed by atoms with Crippen molar-refractivity contribution in [3.8, 4) is 0 Å². The molecule has 5 heteroatoms. The van der Waals surface area contributed by atoms with Crippen LogP contribution in [0.4, 0.5) is 0 Å². The zero-order valence-electron chi connectivity index (χ0n) is 3.50. The van der Waals surface area contributed by atoms with Gasteiger partial charge in [-0.1, -0.05) is 0 Å². The minimum Gasteiger partial charge on any atom is -0.412 e. The van der Waals surface area contributed by atoms with Crippen molar-refractivity contribution in [2.45, 2.75) is 0 Å². The van der Waals surface area contributed by atoms with Crippen molar-refractivity contribution < 1.29 is 16.4 Å². The first-order valence-corrected chi connectivity index (χ1v) is 0. The molecule has 0 aromatic heterocycles. The quantitative estimate of drug-likeness (QED) is 0.267. The van der Waals surface area contributed by atoms with Crippen LogP contribution < -0.4 is 0 Å². The zero-order chi connectivity index (χ0) is 0. The first-order chi connectivity index (χ1) is 0. The van der Waals surface area contributed by atoms with Gasteiger partial charge in [0.2, 0.25) is 0 Å². The largest absolute Gasteiger partial charge is 0.412 e. The average molecular weight is 67.9 g/mol. The fourth-order valence-corrected chi connectivity index (χ4v) is 0. The second-order valence-electron chi connectivity index (χ2n) is 0. The Labute approximate surface area is 54.4 Å². The van der Waals surface area contributed by atoms with Crippen molar-refractivity contribution >= 4 is 37.7 Å². The molecule has 0 fully saturated rings. The molecule has 0 aromatic carbocycles. The van der Waals surface area contributed by atoms with Gasteiger partial charge in [-0.25, -0.2) is 0 Å². The fraction of sp³-hybridized carbons (Fsp3) is 0. The summed E-state index contributed by atoms with van der Waals surface area (Å²) >= 11 is 0. The Morgan fingerprint density at radius 2 is 0.400 bits per heavy atom. The molecule has 0 saturated carbocycles. The van der Waals surface area contributed by atoms with Gasteiger partial charge in [0.25, 0.3) is 0 Å². The van der Waals surface area contributed by atoms with Crippen molar-refractivity contribution in [3.05, 3.63) is 0 Å². The Bertz CT molecular complexity index is 4.85. The third-order valence-electron chi connectivity index (χ3n) is 0. The maximum atomic E-state index is 0. The Morgan fingerprint density at radius 3 is 0.400 bits per heavy atom. The number of rotatable bonds is 0. The Hall–Kier alpha value is 1.07. The van der Waals surface area contributed by atoms with E-state index in [0.717, 1.165) is 0 Å². The second kappa shape index (κ2) is 72.9. The minimum atomic E-state index is 0. The zero-order valence-corrected chi connectivity index (χ0v) is 3.50. The summed E-state index contributed by atoms with van der Waals surface area (Å²) in [6.07, 6.45) is 0. The summed E-state index contributed by atoms with van der Waals surface area (Å²) < 4.78 is 0. The SMILES string of the molecule is O.O.O.[Li].[Li]. The molecule has 0 heterocycles. The van der Waals surface area contributed by atoms with E-state index < -0.39 is 0 Å². The van der Waals surface area contributed by atoms with Gasteiger partial charge in [-0.15, -0.1) is 0 Å².